The number of amides is 1. The summed E-state index contributed by atoms with van der Waals surface area (Å²) in [6.45, 7) is 4.46. The molecule has 1 unspecified atom stereocenters. The highest BCUT2D eigenvalue weighted by molar-refractivity contribution is 5.76. The highest BCUT2D eigenvalue weighted by Gasteiger charge is 2.12. The summed E-state index contributed by atoms with van der Waals surface area (Å²) in [6.07, 6.45) is 1.16. The molecule has 0 spiro atoms. The topological polar surface area (TPSA) is 72.9 Å². The van der Waals surface area contributed by atoms with Gasteiger partial charge in [-0.1, -0.05) is 30.3 Å². The SMILES string of the molecule is Cc1nn(C)c(C)c1CCC(=O)NCC(N)c1ccccc1. The van der Waals surface area contributed by atoms with Crippen molar-refractivity contribution in [2.24, 2.45) is 12.8 Å². The lowest BCUT2D eigenvalue weighted by molar-refractivity contribution is -0.121. The van der Waals surface area contributed by atoms with E-state index in [4.69, 9.17) is 5.73 Å². The van der Waals surface area contributed by atoms with Gasteiger partial charge in [-0.25, -0.2) is 0 Å². The van der Waals surface area contributed by atoms with Gasteiger partial charge in [-0.05, 0) is 31.4 Å². The van der Waals surface area contributed by atoms with Gasteiger partial charge in [0.1, 0.15) is 0 Å². The van der Waals surface area contributed by atoms with Crippen LogP contribution in [0.4, 0.5) is 0 Å². The molecular weight excluding hydrogens is 276 g/mol. The molecule has 5 heteroatoms. The van der Waals surface area contributed by atoms with Crippen LogP contribution in [-0.2, 0) is 18.3 Å². The molecule has 0 radical (unpaired) electrons. The molecule has 1 aromatic carbocycles. The van der Waals surface area contributed by atoms with E-state index in [9.17, 15) is 4.79 Å². The van der Waals surface area contributed by atoms with Crippen molar-refractivity contribution in [1.29, 1.82) is 0 Å². The van der Waals surface area contributed by atoms with Crippen molar-refractivity contribution in [3.8, 4) is 0 Å². The van der Waals surface area contributed by atoms with E-state index in [1.165, 1.54) is 0 Å². The minimum atomic E-state index is -0.174. The van der Waals surface area contributed by atoms with E-state index in [2.05, 4.69) is 10.4 Å². The number of hydrogen-bond acceptors (Lipinski definition) is 3. The van der Waals surface area contributed by atoms with Gasteiger partial charge in [0.05, 0.1) is 5.69 Å². The summed E-state index contributed by atoms with van der Waals surface area (Å²) in [5, 5.41) is 7.27. The highest BCUT2D eigenvalue weighted by atomic mass is 16.1. The van der Waals surface area contributed by atoms with Crippen LogP contribution in [0.3, 0.4) is 0 Å². The van der Waals surface area contributed by atoms with E-state index in [-0.39, 0.29) is 11.9 Å². The predicted molar refractivity (Wildman–Crippen MR) is 87.4 cm³/mol. The number of rotatable bonds is 6. The minimum absolute atomic E-state index is 0.0223. The molecule has 0 saturated carbocycles. The lowest BCUT2D eigenvalue weighted by Crippen LogP contribution is -2.32. The van der Waals surface area contributed by atoms with Crippen LogP contribution in [-0.4, -0.2) is 22.2 Å². The van der Waals surface area contributed by atoms with Crippen LogP contribution in [0.15, 0.2) is 30.3 Å². The number of carbonyl (C=O) groups is 1. The van der Waals surface area contributed by atoms with Gasteiger partial charge in [-0.15, -0.1) is 0 Å². The standard InChI is InChI=1S/C17H24N4O/c1-12-15(13(2)21(3)20-12)9-10-17(22)19-11-16(18)14-7-5-4-6-8-14/h4-8,16H,9-11,18H2,1-3H3,(H,19,22). The van der Waals surface area contributed by atoms with E-state index < -0.39 is 0 Å². The van der Waals surface area contributed by atoms with Crippen molar-refractivity contribution in [3.63, 3.8) is 0 Å². The number of carbonyl (C=O) groups excluding carboxylic acids is 1. The van der Waals surface area contributed by atoms with Crippen LogP contribution in [0.5, 0.6) is 0 Å². The molecule has 0 aliphatic heterocycles. The lowest BCUT2D eigenvalue weighted by Gasteiger charge is -2.13. The number of aryl methyl sites for hydroxylation is 2. The van der Waals surface area contributed by atoms with Gasteiger partial charge in [-0.2, -0.15) is 5.10 Å². The number of hydrogen-bond donors (Lipinski definition) is 2. The Kier molecular flexibility index (Phi) is 5.33. The second-order valence-corrected chi connectivity index (χ2v) is 5.59. The van der Waals surface area contributed by atoms with E-state index in [0.29, 0.717) is 19.4 Å². The molecule has 118 valence electrons. The fourth-order valence-electron chi connectivity index (χ4n) is 2.55. The molecule has 22 heavy (non-hydrogen) atoms. The molecule has 2 rings (SSSR count). The summed E-state index contributed by atoms with van der Waals surface area (Å²) in [6, 6.07) is 9.62. The van der Waals surface area contributed by atoms with Gasteiger partial charge in [0.25, 0.3) is 0 Å². The third kappa shape index (κ3) is 3.95. The maximum atomic E-state index is 12.0. The Morgan fingerprint density at radius 1 is 1.32 bits per heavy atom. The van der Waals surface area contributed by atoms with Crippen LogP contribution in [0.25, 0.3) is 0 Å². The molecule has 3 N–H and O–H groups in total. The molecule has 2 aromatic rings. The first-order chi connectivity index (χ1) is 10.5. The number of nitrogens with two attached hydrogens (primary N) is 1. The summed E-state index contributed by atoms with van der Waals surface area (Å²) >= 11 is 0. The maximum Gasteiger partial charge on any atom is 0.220 e. The zero-order valence-electron chi connectivity index (χ0n) is 13.5. The van der Waals surface area contributed by atoms with Crippen LogP contribution < -0.4 is 11.1 Å². The van der Waals surface area contributed by atoms with Crippen molar-refractivity contribution >= 4 is 5.91 Å². The van der Waals surface area contributed by atoms with Crippen molar-refractivity contribution in [2.45, 2.75) is 32.7 Å². The maximum absolute atomic E-state index is 12.0. The average molecular weight is 300 g/mol. The van der Waals surface area contributed by atoms with Crippen LogP contribution in [0.2, 0.25) is 0 Å². The van der Waals surface area contributed by atoms with Gasteiger partial charge in [0, 0.05) is 31.7 Å². The van der Waals surface area contributed by atoms with E-state index in [1.54, 1.807) is 0 Å². The smallest absolute Gasteiger partial charge is 0.220 e. The Balaban J connectivity index is 1.81. The van der Waals surface area contributed by atoms with Gasteiger partial charge < -0.3 is 11.1 Å². The first kappa shape index (κ1) is 16.2. The number of benzene rings is 1. The first-order valence-electron chi connectivity index (χ1n) is 7.55. The molecule has 1 amide bonds. The third-order valence-electron chi connectivity index (χ3n) is 4.01. The fraction of sp³-hybridized carbons (Fsp3) is 0.412. The van der Waals surface area contributed by atoms with E-state index in [0.717, 1.165) is 22.5 Å². The lowest BCUT2D eigenvalue weighted by atomic mass is 10.1. The number of nitrogens with zero attached hydrogens (tertiary/aromatic N) is 2. The second kappa shape index (κ2) is 7.22. The molecule has 1 heterocycles. The molecule has 0 aliphatic carbocycles. The molecule has 0 bridgehead atoms. The molecule has 5 nitrogen and oxygen atoms in total. The molecule has 1 atom stereocenters. The predicted octanol–water partition coefficient (Wildman–Crippen LogP) is 1.79. The Morgan fingerprint density at radius 3 is 2.59 bits per heavy atom. The Bertz CT molecular complexity index is 634. The van der Waals surface area contributed by atoms with Gasteiger partial charge >= 0.3 is 0 Å². The normalized spacial score (nSPS) is 12.2. The average Bonchev–Trinajstić information content (AvgIpc) is 2.76. The summed E-state index contributed by atoms with van der Waals surface area (Å²) < 4.78 is 1.86. The van der Waals surface area contributed by atoms with E-state index in [1.807, 2.05) is 55.9 Å². The summed E-state index contributed by atoms with van der Waals surface area (Å²) in [7, 11) is 1.92. The third-order valence-corrected chi connectivity index (χ3v) is 4.01. The highest BCUT2D eigenvalue weighted by Crippen LogP contribution is 2.14. The van der Waals surface area contributed by atoms with Crippen LogP contribution in [0, 0.1) is 13.8 Å². The van der Waals surface area contributed by atoms with Crippen LogP contribution >= 0.6 is 0 Å². The molecule has 0 fully saturated rings. The van der Waals surface area contributed by atoms with Gasteiger partial charge in [-0.3, -0.25) is 9.48 Å². The van der Waals surface area contributed by atoms with Crippen molar-refractivity contribution in [3.05, 3.63) is 52.8 Å². The Hall–Kier alpha value is -2.14. The number of aromatic nitrogens is 2. The van der Waals surface area contributed by atoms with Crippen molar-refractivity contribution < 1.29 is 4.79 Å². The Labute approximate surface area is 131 Å². The van der Waals surface area contributed by atoms with Crippen molar-refractivity contribution in [2.75, 3.05) is 6.54 Å². The van der Waals surface area contributed by atoms with Gasteiger partial charge in [0.15, 0.2) is 0 Å². The molecule has 0 saturated heterocycles. The fourth-order valence-corrected chi connectivity index (χ4v) is 2.55. The quantitative estimate of drug-likeness (QED) is 0.854. The number of nitrogens with one attached hydrogen (secondary N) is 1. The Morgan fingerprint density at radius 2 is 2.00 bits per heavy atom. The summed E-state index contributed by atoms with van der Waals surface area (Å²) in [5.41, 5.74) is 10.4. The van der Waals surface area contributed by atoms with E-state index >= 15 is 0 Å². The van der Waals surface area contributed by atoms with Crippen LogP contribution in [0.1, 0.15) is 35.0 Å². The molecular formula is C17H24N4O. The van der Waals surface area contributed by atoms with Crippen molar-refractivity contribution in [1.82, 2.24) is 15.1 Å². The molecule has 1 aromatic heterocycles. The zero-order valence-corrected chi connectivity index (χ0v) is 13.5. The molecule has 0 aliphatic rings. The summed E-state index contributed by atoms with van der Waals surface area (Å²) in [4.78, 5) is 12.0. The monoisotopic (exact) mass is 300 g/mol. The largest absolute Gasteiger partial charge is 0.354 e. The second-order valence-electron chi connectivity index (χ2n) is 5.59. The first-order valence-corrected chi connectivity index (χ1v) is 7.55. The van der Waals surface area contributed by atoms with Gasteiger partial charge in [0.2, 0.25) is 5.91 Å². The zero-order chi connectivity index (χ0) is 16.1. The summed E-state index contributed by atoms with van der Waals surface area (Å²) in [5.74, 6) is 0.0223. The minimum Gasteiger partial charge on any atom is -0.354 e.